The minimum absolute atomic E-state index is 0.0664. The fraction of sp³-hybridized carbons (Fsp3) is 0.667. The molecule has 0 bridgehead atoms. The maximum Gasteiger partial charge on any atom is 0.407 e. The first-order valence-corrected chi connectivity index (χ1v) is 4.75. The van der Waals surface area contributed by atoms with Crippen LogP contribution in [0.5, 0.6) is 0 Å². The van der Waals surface area contributed by atoms with Gasteiger partial charge in [-0.15, -0.1) is 0 Å². The summed E-state index contributed by atoms with van der Waals surface area (Å²) in [6, 6.07) is -0.808. The van der Waals surface area contributed by atoms with E-state index in [1.165, 1.54) is 0 Å². The summed E-state index contributed by atoms with van der Waals surface area (Å²) in [5, 5.41) is 17.6. The lowest BCUT2D eigenvalue weighted by Crippen LogP contribution is -2.53. The van der Waals surface area contributed by atoms with Gasteiger partial charge in [-0.2, -0.15) is 0 Å². The third-order valence-electron chi connectivity index (χ3n) is 2.64. The fourth-order valence-electron chi connectivity index (χ4n) is 1.85. The van der Waals surface area contributed by atoms with E-state index in [2.05, 4.69) is 0 Å². The highest BCUT2D eigenvalue weighted by Crippen LogP contribution is 2.21. The number of hydrogen-bond acceptors (Lipinski definition) is 3. The summed E-state index contributed by atoms with van der Waals surface area (Å²) in [6.07, 6.45) is -0.787. The van der Waals surface area contributed by atoms with Gasteiger partial charge < -0.3 is 10.2 Å². The maximum absolute atomic E-state index is 11.6. The van der Waals surface area contributed by atoms with E-state index < -0.39 is 29.8 Å². The van der Waals surface area contributed by atoms with Gasteiger partial charge >= 0.3 is 12.1 Å². The second kappa shape index (κ2) is 4.29. The van der Waals surface area contributed by atoms with Crippen molar-refractivity contribution in [1.82, 2.24) is 4.90 Å². The van der Waals surface area contributed by atoms with E-state index in [1.54, 1.807) is 6.92 Å². The van der Waals surface area contributed by atoms with E-state index in [0.717, 1.165) is 4.90 Å². The lowest BCUT2D eigenvalue weighted by Gasteiger charge is -2.34. The summed E-state index contributed by atoms with van der Waals surface area (Å²) in [7, 11) is 0. The first-order chi connectivity index (χ1) is 6.99. The van der Waals surface area contributed by atoms with E-state index in [-0.39, 0.29) is 13.0 Å². The Morgan fingerprint density at radius 3 is 2.47 bits per heavy atom. The van der Waals surface area contributed by atoms with Crippen LogP contribution in [0.25, 0.3) is 0 Å². The molecule has 0 saturated carbocycles. The average Bonchev–Trinajstić information content (AvgIpc) is 2.16. The largest absolute Gasteiger partial charge is 0.481 e. The van der Waals surface area contributed by atoms with Gasteiger partial charge in [0.25, 0.3) is 0 Å². The number of aliphatic carboxylic acids is 1. The van der Waals surface area contributed by atoms with Crippen molar-refractivity contribution in [2.45, 2.75) is 25.8 Å². The topological polar surface area (TPSA) is 94.9 Å². The minimum atomic E-state index is -1.17. The van der Waals surface area contributed by atoms with Crippen LogP contribution in [0.4, 0.5) is 4.79 Å². The SMILES string of the molecule is CCC1C(=O)C(C(=O)O)CCN1C(=O)O. The zero-order chi connectivity index (χ0) is 11.6. The summed E-state index contributed by atoms with van der Waals surface area (Å²) in [6.45, 7) is 1.78. The van der Waals surface area contributed by atoms with Crippen LogP contribution >= 0.6 is 0 Å². The van der Waals surface area contributed by atoms with Crippen molar-refractivity contribution in [1.29, 1.82) is 0 Å². The smallest absolute Gasteiger partial charge is 0.407 e. The van der Waals surface area contributed by atoms with Gasteiger partial charge in [-0.3, -0.25) is 14.5 Å². The van der Waals surface area contributed by atoms with Crippen LogP contribution in [0.15, 0.2) is 0 Å². The zero-order valence-corrected chi connectivity index (χ0v) is 8.34. The first kappa shape index (κ1) is 11.5. The lowest BCUT2D eigenvalue weighted by atomic mass is 9.88. The molecule has 0 spiro atoms. The molecule has 1 heterocycles. The number of amides is 1. The summed E-state index contributed by atoms with van der Waals surface area (Å²) < 4.78 is 0. The number of carbonyl (C=O) groups is 3. The highest BCUT2D eigenvalue weighted by molar-refractivity contribution is 6.02. The molecule has 2 atom stereocenters. The van der Waals surface area contributed by atoms with Crippen molar-refractivity contribution >= 4 is 17.8 Å². The van der Waals surface area contributed by atoms with Crippen LogP contribution in [0.3, 0.4) is 0 Å². The molecule has 2 unspecified atom stereocenters. The number of carboxylic acids is 1. The number of nitrogens with zero attached hydrogens (tertiary/aromatic N) is 1. The Morgan fingerprint density at radius 1 is 1.47 bits per heavy atom. The van der Waals surface area contributed by atoms with Crippen LogP contribution in [-0.2, 0) is 9.59 Å². The predicted molar refractivity (Wildman–Crippen MR) is 49.6 cm³/mol. The van der Waals surface area contributed by atoms with E-state index in [4.69, 9.17) is 10.2 Å². The third-order valence-corrected chi connectivity index (χ3v) is 2.64. The van der Waals surface area contributed by atoms with Gasteiger partial charge in [0.05, 0.1) is 6.04 Å². The monoisotopic (exact) mass is 215 g/mol. The van der Waals surface area contributed by atoms with Crippen LogP contribution < -0.4 is 0 Å². The molecule has 6 heteroatoms. The van der Waals surface area contributed by atoms with Crippen molar-refractivity contribution in [2.75, 3.05) is 6.54 Å². The standard InChI is InChI=1S/C9H13NO5/c1-2-6-7(11)5(8(12)13)3-4-10(6)9(14)15/h5-6H,2-4H2,1H3,(H,12,13)(H,14,15). The third kappa shape index (κ3) is 2.08. The summed E-state index contributed by atoms with van der Waals surface area (Å²) in [5.41, 5.74) is 0. The predicted octanol–water partition coefficient (Wildman–Crippen LogP) is 0.419. The second-order valence-electron chi connectivity index (χ2n) is 3.48. The number of likely N-dealkylation sites (tertiary alicyclic amines) is 1. The maximum atomic E-state index is 11.6. The Hall–Kier alpha value is -1.59. The Morgan fingerprint density at radius 2 is 2.07 bits per heavy atom. The molecule has 1 rings (SSSR count). The van der Waals surface area contributed by atoms with Gasteiger partial charge in [-0.1, -0.05) is 6.92 Å². The molecule has 84 valence electrons. The summed E-state index contributed by atoms with van der Waals surface area (Å²) >= 11 is 0. The number of carbonyl (C=O) groups excluding carboxylic acids is 1. The summed E-state index contributed by atoms with van der Waals surface area (Å²) in [5.74, 6) is -2.72. The Kier molecular flexibility index (Phi) is 3.28. The van der Waals surface area contributed by atoms with Crippen molar-refractivity contribution in [3.05, 3.63) is 0 Å². The average molecular weight is 215 g/mol. The Labute approximate surface area is 86.5 Å². The van der Waals surface area contributed by atoms with Crippen LogP contribution in [0, 0.1) is 5.92 Å². The molecular formula is C9H13NO5. The molecule has 1 amide bonds. The minimum Gasteiger partial charge on any atom is -0.481 e. The van der Waals surface area contributed by atoms with Crippen LogP contribution in [-0.4, -0.2) is 45.5 Å². The fourth-order valence-corrected chi connectivity index (χ4v) is 1.85. The number of rotatable bonds is 2. The normalized spacial score (nSPS) is 26.5. The molecule has 15 heavy (non-hydrogen) atoms. The van der Waals surface area contributed by atoms with Gasteiger partial charge in [0.15, 0.2) is 5.78 Å². The summed E-state index contributed by atoms with van der Waals surface area (Å²) in [4.78, 5) is 34.1. The molecule has 1 fully saturated rings. The van der Waals surface area contributed by atoms with E-state index in [9.17, 15) is 14.4 Å². The number of carboxylic acid groups (broad SMARTS) is 2. The van der Waals surface area contributed by atoms with Gasteiger partial charge in [-0.05, 0) is 12.8 Å². The highest BCUT2D eigenvalue weighted by Gasteiger charge is 2.41. The molecule has 1 aliphatic heterocycles. The van der Waals surface area contributed by atoms with Gasteiger partial charge in [0.2, 0.25) is 0 Å². The molecule has 2 N–H and O–H groups in total. The van der Waals surface area contributed by atoms with Gasteiger partial charge in [0, 0.05) is 6.54 Å². The molecule has 1 saturated heterocycles. The van der Waals surface area contributed by atoms with Gasteiger partial charge in [-0.25, -0.2) is 4.79 Å². The number of ketones is 1. The number of Topliss-reactive ketones (excluding diaryl/α,β-unsaturated/α-hetero) is 1. The number of hydrogen-bond donors (Lipinski definition) is 2. The van der Waals surface area contributed by atoms with E-state index in [1.807, 2.05) is 0 Å². The Balaban J connectivity index is 2.86. The van der Waals surface area contributed by atoms with Gasteiger partial charge in [0.1, 0.15) is 5.92 Å². The van der Waals surface area contributed by atoms with Crippen molar-refractivity contribution in [3.8, 4) is 0 Å². The highest BCUT2D eigenvalue weighted by atomic mass is 16.4. The number of piperidine rings is 1. The molecule has 6 nitrogen and oxygen atoms in total. The zero-order valence-electron chi connectivity index (χ0n) is 8.34. The molecule has 0 aromatic heterocycles. The van der Waals surface area contributed by atoms with E-state index >= 15 is 0 Å². The van der Waals surface area contributed by atoms with E-state index in [0.29, 0.717) is 6.42 Å². The lowest BCUT2D eigenvalue weighted by molar-refractivity contribution is -0.150. The Bertz CT molecular complexity index is 301. The van der Waals surface area contributed by atoms with Crippen LogP contribution in [0.2, 0.25) is 0 Å². The molecule has 1 aliphatic rings. The molecule has 0 radical (unpaired) electrons. The van der Waals surface area contributed by atoms with Crippen LogP contribution in [0.1, 0.15) is 19.8 Å². The molecule has 0 aliphatic carbocycles. The van der Waals surface area contributed by atoms with Crippen molar-refractivity contribution in [3.63, 3.8) is 0 Å². The first-order valence-electron chi connectivity index (χ1n) is 4.75. The van der Waals surface area contributed by atoms with Crippen molar-refractivity contribution < 1.29 is 24.6 Å². The molecule has 0 aromatic rings. The quantitative estimate of drug-likeness (QED) is 0.651. The molecule has 0 aromatic carbocycles. The van der Waals surface area contributed by atoms with Crippen molar-refractivity contribution in [2.24, 2.45) is 5.92 Å². The molecular weight excluding hydrogens is 202 g/mol. The second-order valence-corrected chi connectivity index (χ2v) is 3.48.